The average Bonchev–Trinajstić information content (AvgIpc) is 2.45. The summed E-state index contributed by atoms with van der Waals surface area (Å²) in [7, 11) is 3.32. The van der Waals surface area contributed by atoms with Crippen LogP contribution in [0.1, 0.15) is 31.4 Å². The molecule has 0 aliphatic heterocycles. The molecule has 0 saturated heterocycles. The minimum atomic E-state index is -0.536. The zero-order valence-electron chi connectivity index (χ0n) is 12.1. The molecule has 2 unspecified atom stereocenters. The number of aliphatic hydroxyl groups excluding tert-OH is 1. The maximum atomic E-state index is 10.2. The second-order valence-electron chi connectivity index (χ2n) is 4.64. The van der Waals surface area contributed by atoms with E-state index in [0.29, 0.717) is 13.2 Å². The molecule has 1 aromatic rings. The number of hydrogen-bond acceptors (Lipinski definition) is 4. The van der Waals surface area contributed by atoms with E-state index in [1.54, 1.807) is 14.2 Å². The zero-order valence-corrected chi connectivity index (χ0v) is 12.1. The highest BCUT2D eigenvalue weighted by atomic mass is 16.5. The van der Waals surface area contributed by atoms with Crippen LogP contribution < -0.4 is 10.1 Å². The molecule has 1 aromatic carbocycles. The summed E-state index contributed by atoms with van der Waals surface area (Å²) in [5, 5.41) is 13.5. The van der Waals surface area contributed by atoms with Gasteiger partial charge in [-0.2, -0.15) is 0 Å². The fourth-order valence-electron chi connectivity index (χ4n) is 2.04. The lowest BCUT2D eigenvalue weighted by molar-refractivity contribution is 0.135. The molecule has 0 radical (unpaired) electrons. The molecule has 108 valence electrons. The maximum Gasteiger partial charge on any atom is 0.119 e. The van der Waals surface area contributed by atoms with Crippen molar-refractivity contribution in [3.63, 3.8) is 0 Å². The van der Waals surface area contributed by atoms with E-state index in [2.05, 4.69) is 12.2 Å². The van der Waals surface area contributed by atoms with Crippen molar-refractivity contribution in [1.29, 1.82) is 0 Å². The number of aliphatic hydroxyl groups is 1. The van der Waals surface area contributed by atoms with Gasteiger partial charge in [0.2, 0.25) is 0 Å². The third-order valence-electron chi connectivity index (χ3n) is 3.08. The van der Waals surface area contributed by atoms with Crippen LogP contribution in [0.15, 0.2) is 24.3 Å². The van der Waals surface area contributed by atoms with Crippen LogP contribution in [0.2, 0.25) is 0 Å². The van der Waals surface area contributed by atoms with Crippen molar-refractivity contribution in [3.8, 4) is 5.75 Å². The average molecular weight is 267 g/mol. The maximum absolute atomic E-state index is 10.2. The van der Waals surface area contributed by atoms with Gasteiger partial charge in [-0.25, -0.2) is 0 Å². The summed E-state index contributed by atoms with van der Waals surface area (Å²) in [5.74, 6) is 0.763. The Morgan fingerprint density at radius 1 is 1.32 bits per heavy atom. The van der Waals surface area contributed by atoms with Crippen molar-refractivity contribution in [1.82, 2.24) is 5.32 Å². The van der Waals surface area contributed by atoms with Gasteiger partial charge in [0.25, 0.3) is 0 Å². The van der Waals surface area contributed by atoms with Crippen LogP contribution in [-0.4, -0.2) is 38.5 Å². The lowest BCUT2D eigenvalue weighted by Gasteiger charge is -2.20. The quantitative estimate of drug-likeness (QED) is 0.719. The Kier molecular flexibility index (Phi) is 7.48. The monoisotopic (exact) mass is 267 g/mol. The van der Waals surface area contributed by atoms with E-state index < -0.39 is 6.10 Å². The van der Waals surface area contributed by atoms with E-state index in [1.165, 1.54) is 0 Å². The first kappa shape index (κ1) is 16.0. The van der Waals surface area contributed by atoms with E-state index >= 15 is 0 Å². The standard InChI is InChI=1S/C15H25NO3/c1-4-6-13(11-18-2)16-10-15(17)12-7-5-8-14(9-12)19-3/h5,7-9,13,15-17H,4,6,10-11H2,1-3H3. The Morgan fingerprint density at radius 3 is 2.74 bits per heavy atom. The molecular formula is C15H25NO3. The van der Waals surface area contributed by atoms with Gasteiger partial charge in [0, 0.05) is 19.7 Å². The molecule has 0 aromatic heterocycles. The van der Waals surface area contributed by atoms with Crippen molar-refractivity contribution in [2.45, 2.75) is 31.9 Å². The highest BCUT2D eigenvalue weighted by Crippen LogP contribution is 2.18. The molecule has 0 aliphatic rings. The molecule has 2 N–H and O–H groups in total. The van der Waals surface area contributed by atoms with Crippen LogP contribution in [0, 0.1) is 0 Å². The molecule has 0 saturated carbocycles. The highest BCUT2D eigenvalue weighted by Gasteiger charge is 2.12. The normalized spacial score (nSPS) is 14.1. The Morgan fingerprint density at radius 2 is 2.11 bits per heavy atom. The summed E-state index contributed by atoms with van der Waals surface area (Å²) >= 11 is 0. The second-order valence-corrected chi connectivity index (χ2v) is 4.64. The molecule has 1 rings (SSSR count). The SMILES string of the molecule is CCCC(COC)NCC(O)c1cccc(OC)c1. The first-order valence-corrected chi connectivity index (χ1v) is 6.75. The first-order valence-electron chi connectivity index (χ1n) is 6.75. The van der Waals surface area contributed by atoms with Gasteiger partial charge in [-0.1, -0.05) is 25.5 Å². The molecule has 0 fully saturated rings. The minimum Gasteiger partial charge on any atom is -0.497 e. The summed E-state index contributed by atoms with van der Waals surface area (Å²) in [5.41, 5.74) is 0.861. The molecule has 0 spiro atoms. The summed E-state index contributed by atoms with van der Waals surface area (Å²) in [6, 6.07) is 7.80. The Balaban J connectivity index is 2.50. The van der Waals surface area contributed by atoms with E-state index in [-0.39, 0.29) is 6.04 Å². The van der Waals surface area contributed by atoms with Crippen LogP contribution in [-0.2, 0) is 4.74 Å². The van der Waals surface area contributed by atoms with Gasteiger partial charge in [0.05, 0.1) is 19.8 Å². The van der Waals surface area contributed by atoms with Gasteiger partial charge in [-0.05, 0) is 24.1 Å². The topological polar surface area (TPSA) is 50.7 Å². The molecular weight excluding hydrogens is 242 g/mol. The molecule has 0 aliphatic carbocycles. The van der Waals surface area contributed by atoms with Gasteiger partial charge in [0.15, 0.2) is 0 Å². The predicted octanol–water partition coefficient (Wildman–Crippen LogP) is 2.13. The van der Waals surface area contributed by atoms with Crippen LogP contribution >= 0.6 is 0 Å². The Bertz CT molecular complexity index is 351. The predicted molar refractivity (Wildman–Crippen MR) is 76.5 cm³/mol. The van der Waals surface area contributed by atoms with Crippen molar-refractivity contribution in [2.24, 2.45) is 0 Å². The number of methoxy groups -OCH3 is 2. The van der Waals surface area contributed by atoms with Crippen LogP contribution in [0.25, 0.3) is 0 Å². The van der Waals surface area contributed by atoms with E-state index in [1.807, 2.05) is 24.3 Å². The van der Waals surface area contributed by atoms with Gasteiger partial charge >= 0.3 is 0 Å². The highest BCUT2D eigenvalue weighted by molar-refractivity contribution is 5.29. The number of hydrogen-bond donors (Lipinski definition) is 2. The second kappa shape index (κ2) is 8.91. The van der Waals surface area contributed by atoms with E-state index in [9.17, 15) is 5.11 Å². The molecule has 0 amide bonds. The Labute approximate surface area is 115 Å². The van der Waals surface area contributed by atoms with Crippen LogP contribution in [0.4, 0.5) is 0 Å². The van der Waals surface area contributed by atoms with Crippen LogP contribution in [0.5, 0.6) is 5.75 Å². The smallest absolute Gasteiger partial charge is 0.119 e. The van der Waals surface area contributed by atoms with Crippen molar-refractivity contribution in [3.05, 3.63) is 29.8 Å². The van der Waals surface area contributed by atoms with Gasteiger partial charge in [0.1, 0.15) is 5.75 Å². The number of rotatable bonds is 9. The van der Waals surface area contributed by atoms with Gasteiger partial charge < -0.3 is 19.9 Å². The largest absolute Gasteiger partial charge is 0.497 e. The summed E-state index contributed by atoms with van der Waals surface area (Å²) < 4.78 is 10.3. The number of nitrogens with one attached hydrogen (secondary N) is 1. The van der Waals surface area contributed by atoms with Gasteiger partial charge in [-0.3, -0.25) is 0 Å². The first-order chi connectivity index (χ1) is 9.21. The lowest BCUT2D eigenvalue weighted by Crippen LogP contribution is -2.36. The van der Waals surface area contributed by atoms with Crippen molar-refractivity contribution >= 4 is 0 Å². The summed E-state index contributed by atoms with van der Waals surface area (Å²) in [6.07, 6.45) is 1.60. The van der Waals surface area contributed by atoms with Crippen molar-refractivity contribution in [2.75, 3.05) is 27.4 Å². The summed E-state index contributed by atoms with van der Waals surface area (Å²) in [6.45, 7) is 3.32. The molecule has 2 atom stereocenters. The number of benzene rings is 1. The van der Waals surface area contributed by atoms with Crippen LogP contribution in [0.3, 0.4) is 0 Å². The molecule has 0 bridgehead atoms. The van der Waals surface area contributed by atoms with Crippen molar-refractivity contribution < 1.29 is 14.6 Å². The summed E-state index contributed by atoms with van der Waals surface area (Å²) in [4.78, 5) is 0. The molecule has 19 heavy (non-hydrogen) atoms. The zero-order chi connectivity index (χ0) is 14.1. The third kappa shape index (κ3) is 5.59. The molecule has 4 heteroatoms. The number of ether oxygens (including phenoxy) is 2. The minimum absolute atomic E-state index is 0.287. The molecule has 0 heterocycles. The Hall–Kier alpha value is -1.10. The fourth-order valence-corrected chi connectivity index (χ4v) is 2.04. The lowest BCUT2D eigenvalue weighted by atomic mass is 10.1. The third-order valence-corrected chi connectivity index (χ3v) is 3.08. The van der Waals surface area contributed by atoms with E-state index in [0.717, 1.165) is 24.2 Å². The molecule has 4 nitrogen and oxygen atoms in total. The van der Waals surface area contributed by atoms with Gasteiger partial charge in [-0.15, -0.1) is 0 Å². The van der Waals surface area contributed by atoms with E-state index in [4.69, 9.17) is 9.47 Å². The fraction of sp³-hybridized carbons (Fsp3) is 0.600.